The molecule has 148 valence electrons. The van der Waals surface area contributed by atoms with Crippen LogP contribution in [-0.4, -0.2) is 46.6 Å². The Morgan fingerprint density at radius 3 is 2.96 bits per heavy atom. The van der Waals surface area contributed by atoms with Gasteiger partial charge in [-0.05, 0) is 55.5 Å². The zero-order valence-electron chi connectivity index (χ0n) is 16.9. The van der Waals surface area contributed by atoms with E-state index < -0.39 is 0 Å². The lowest BCUT2D eigenvalue weighted by atomic mass is 9.99. The summed E-state index contributed by atoms with van der Waals surface area (Å²) in [6.07, 6.45) is 10.4. The number of rotatable bonds is 4. The van der Waals surface area contributed by atoms with Crippen LogP contribution in [0.25, 0.3) is 11.8 Å². The van der Waals surface area contributed by atoms with E-state index in [0.717, 1.165) is 67.3 Å². The topological polar surface area (TPSA) is 51.9 Å². The summed E-state index contributed by atoms with van der Waals surface area (Å²) >= 11 is 0. The monoisotopic (exact) mass is 380 g/mol. The van der Waals surface area contributed by atoms with Gasteiger partial charge < -0.3 is 19.0 Å². The molecule has 1 aromatic carbocycles. The Morgan fingerprint density at radius 2 is 2.21 bits per heavy atom. The minimum Gasteiger partial charge on any atom is -0.495 e. The zero-order chi connectivity index (χ0) is 19.5. The third kappa shape index (κ3) is 3.77. The van der Waals surface area contributed by atoms with Gasteiger partial charge >= 0.3 is 0 Å². The van der Waals surface area contributed by atoms with Crippen LogP contribution in [0, 0.1) is 6.92 Å². The van der Waals surface area contributed by atoms with Gasteiger partial charge in [0, 0.05) is 25.7 Å². The summed E-state index contributed by atoms with van der Waals surface area (Å²) in [5, 5.41) is 4.52. The Hall–Kier alpha value is -2.76. The van der Waals surface area contributed by atoms with Gasteiger partial charge in [0.2, 0.25) is 0 Å². The van der Waals surface area contributed by atoms with Crippen LogP contribution in [0.3, 0.4) is 0 Å². The lowest BCUT2D eigenvalue weighted by Gasteiger charge is -2.29. The molecule has 1 atom stereocenters. The van der Waals surface area contributed by atoms with Crippen molar-refractivity contribution in [3.05, 3.63) is 47.6 Å². The highest BCUT2D eigenvalue weighted by atomic mass is 16.6. The highest BCUT2D eigenvalue weighted by Crippen LogP contribution is 2.28. The zero-order valence-corrected chi connectivity index (χ0v) is 16.9. The average Bonchev–Trinajstić information content (AvgIpc) is 3.03. The van der Waals surface area contributed by atoms with Crippen LogP contribution in [0.1, 0.15) is 43.9 Å². The maximum absolute atomic E-state index is 5.78. The van der Waals surface area contributed by atoms with E-state index in [1.54, 1.807) is 7.11 Å². The number of methoxy groups -OCH3 is 1. The van der Waals surface area contributed by atoms with Gasteiger partial charge in [-0.1, -0.05) is 18.1 Å². The quantitative estimate of drug-likeness (QED) is 0.798. The number of nitrogens with zero attached hydrogens (tertiary/aromatic N) is 4. The Morgan fingerprint density at radius 1 is 1.32 bits per heavy atom. The first-order valence-electron chi connectivity index (χ1n) is 10.1. The summed E-state index contributed by atoms with van der Waals surface area (Å²) in [5.74, 6) is 1.82. The fourth-order valence-corrected chi connectivity index (χ4v) is 3.86. The number of imidazole rings is 1. The van der Waals surface area contributed by atoms with Crippen molar-refractivity contribution >= 4 is 11.9 Å². The summed E-state index contributed by atoms with van der Waals surface area (Å²) in [5.41, 5.74) is 4.30. The third-order valence-electron chi connectivity index (χ3n) is 5.46. The van der Waals surface area contributed by atoms with E-state index in [9.17, 15) is 0 Å². The van der Waals surface area contributed by atoms with E-state index in [1.165, 1.54) is 5.57 Å². The number of hydrogen-bond donors (Lipinski definition) is 0. The number of amidine groups is 1. The van der Waals surface area contributed by atoms with Gasteiger partial charge in [0.25, 0.3) is 0 Å². The van der Waals surface area contributed by atoms with Gasteiger partial charge in [-0.15, -0.1) is 0 Å². The Bertz CT molecular complexity index is 900. The van der Waals surface area contributed by atoms with Gasteiger partial charge in [-0.25, -0.2) is 4.98 Å². The second kappa shape index (κ2) is 8.09. The van der Waals surface area contributed by atoms with Crippen LogP contribution >= 0.6 is 0 Å². The van der Waals surface area contributed by atoms with E-state index in [2.05, 4.69) is 46.2 Å². The molecule has 0 unspecified atom stereocenters. The van der Waals surface area contributed by atoms with Crippen molar-refractivity contribution in [2.75, 3.05) is 20.2 Å². The second-order valence-electron chi connectivity index (χ2n) is 7.45. The molecule has 2 aromatic rings. The van der Waals surface area contributed by atoms with Gasteiger partial charge in [-0.3, -0.25) is 0 Å². The van der Waals surface area contributed by atoms with E-state index in [4.69, 9.17) is 9.57 Å². The molecular formula is C22H28N4O2. The lowest BCUT2D eigenvalue weighted by molar-refractivity contribution is 0.0556. The number of ether oxygens (including phenoxy) is 1. The molecule has 6 nitrogen and oxygen atoms in total. The van der Waals surface area contributed by atoms with E-state index >= 15 is 0 Å². The summed E-state index contributed by atoms with van der Waals surface area (Å²) < 4.78 is 7.64. The highest BCUT2D eigenvalue weighted by Gasteiger charge is 2.26. The largest absolute Gasteiger partial charge is 0.495 e. The molecule has 0 radical (unpaired) electrons. The molecule has 0 bridgehead atoms. The maximum Gasteiger partial charge on any atom is 0.171 e. The van der Waals surface area contributed by atoms with Gasteiger partial charge in [0.1, 0.15) is 11.9 Å². The molecule has 0 aliphatic carbocycles. The molecule has 1 saturated heterocycles. The fourth-order valence-electron chi connectivity index (χ4n) is 3.86. The fraction of sp³-hybridized carbons (Fsp3) is 0.455. The number of benzene rings is 1. The number of aryl methyl sites for hydroxylation is 1. The third-order valence-corrected chi connectivity index (χ3v) is 5.46. The molecule has 0 saturated carbocycles. The average molecular weight is 380 g/mol. The molecule has 28 heavy (non-hydrogen) atoms. The Balaban J connectivity index is 1.65. The first-order valence-corrected chi connectivity index (χ1v) is 10.1. The minimum absolute atomic E-state index is 0.220. The van der Waals surface area contributed by atoms with E-state index in [0.29, 0.717) is 0 Å². The van der Waals surface area contributed by atoms with Gasteiger partial charge in [-0.2, -0.15) is 0 Å². The van der Waals surface area contributed by atoms with Crippen LogP contribution in [0.15, 0.2) is 41.5 Å². The first-order chi connectivity index (χ1) is 13.7. The van der Waals surface area contributed by atoms with Crippen LogP contribution in [-0.2, 0) is 4.84 Å². The van der Waals surface area contributed by atoms with Crippen molar-refractivity contribution in [3.8, 4) is 11.4 Å². The van der Waals surface area contributed by atoms with Crippen LogP contribution in [0.2, 0.25) is 0 Å². The standard InChI is InChI=1S/C22H28N4O2/c1-4-19-9-11-25-10-5-6-18(22(25)24-28-19)12-17-7-8-20(21(13-17)27-3)26-14-16(2)23-15-26/h7-8,12-15,19H,4-6,9-11H2,1-3H3/b18-12+/t19-/m1/s1. The van der Waals surface area contributed by atoms with E-state index in [1.807, 2.05) is 24.0 Å². The molecular weight excluding hydrogens is 352 g/mol. The minimum atomic E-state index is 0.220. The second-order valence-corrected chi connectivity index (χ2v) is 7.45. The van der Waals surface area contributed by atoms with Crippen molar-refractivity contribution in [1.29, 1.82) is 0 Å². The lowest BCUT2D eigenvalue weighted by Crippen LogP contribution is -2.37. The van der Waals surface area contributed by atoms with Crippen LogP contribution in [0.4, 0.5) is 0 Å². The molecule has 6 heteroatoms. The summed E-state index contributed by atoms with van der Waals surface area (Å²) in [7, 11) is 1.70. The van der Waals surface area contributed by atoms with E-state index in [-0.39, 0.29) is 6.10 Å². The number of hydrogen-bond acceptors (Lipinski definition) is 5. The number of oxime groups is 1. The normalized spacial score (nSPS) is 21.0. The van der Waals surface area contributed by atoms with Crippen LogP contribution in [0.5, 0.6) is 5.75 Å². The smallest absolute Gasteiger partial charge is 0.171 e. The molecule has 1 fully saturated rings. The predicted octanol–water partition coefficient (Wildman–Crippen LogP) is 4.18. The Labute approximate surface area is 166 Å². The predicted molar refractivity (Wildman–Crippen MR) is 111 cm³/mol. The molecule has 0 amide bonds. The first kappa shape index (κ1) is 18.6. The summed E-state index contributed by atoms with van der Waals surface area (Å²) in [6, 6.07) is 6.27. The molecule has 3 heterocycles. The van der Waals surface area contributed by atoms with Crippen LogP contribution < -0.4 is 4.74 Å². The molecule has 0 spiro atoms. The van der Waals surface area contributed by atoms with Gasteiger partial charge in [0.15, 0.2) is 5.84 Å². The number of piperidine rings is 1. The molecule has 0 N–H and O–H groups in total. The summed E-state index contributed by atoms with van der Waals surface area (Å²) in [6.45, 7) is 6.20. The van der Waals surface area contributed by atoms with Crippen molar-refractivity contribution in [2.45, 2.75) is 45.6 Å². The van der Waals surface area contributed by atoms with Crippen molar-refractivity contribution in [1.82, 2.24) is 14.5 Å². The molecule has 1 aromatic heterocycles. The van der Waals surface area contributed by atoms with Gasteiger partial charge in [0.05, 0.1) is 24.8 Å². The number of fused-ring (bicyclic) bond motifs is 1. The van der Waals surface area contributed by atoms with Crippen molar-refractivity contribution in [3.63, 3.8) is 0 Å². The Kier molecular flexibility index (Phi) is 5.37. The molecule has 2 aliphatic heterocycles. The molecule has 4 rings (SSSR count). The SMILES string of the molecule is CC[C@@H]1CCN2CCC/C(=C\c3ccc(-n4cnc(C)c4)c(OC)c3)C2=NO1. The maximum atomic E-state index is 5.78. The highest BCUT2D eigenvalue weighted by molar-refractivity contribution is 6.02. The van der Waals surface area contributed by atoms with Crippen molar-refractivity contribution in [2.24, 2.45) is 5.16 Å². The summed E-state index contributed by atoms with van der Waals surface area (Å²) in [4.78, 5) is 12.5. The number of aromatic nitrogens is 2. The van der Waals surface area contributed by atoms with Crippen molar-refractivity contribution < 1.29 is 9.57 Å². The molecule has 2 aliphatic rings.